The standard InChI is InChI=1S/C13H20/c1-11(13-9-5-6-10-13)12-7-3-2-4-8-12/h7,9,11H,2-6,8,10H2,1H3. The Morgan fingerprint density at radius 1 is 0.923 bits per heavy atom. The summed E-state index contributed by atoms with van der Waals surface area (Å²) in [4.78, 5) is 0. The van der Waals surface area contributed by atoms with Crippen LogP contribution in [0.4, 0.5) is 0 Å². The molecule has 0 heteroatoms. The molecule has 0 aromatic carbocycles. The highest BCUT2D eigenvalue weighted by atomic mass is 14.2. The maximum Gasteiger partial charge on any atom is -0.00215 e. The number of rotatable bonds is 2. The van der Waals surface area contributed by atoms with Gasteiger partial charge in [0.15, 0.2) is 0 Å². The normalized spacial score (nSPS) is 25.3. The molecule has 0 fully saturated rings. The summed E-state index contributed by atoms with van der Waals surface area (Å²) in [6.45, 7) is 2.40. The van der Waals surface area contributed by atoms with Gasteiger partial charge in [-0.3, -0.25) is 0 Å². The molecule has 0 N–H and O–H groups in total. The summed E-state index contributed by atoms with van der Waals surface area (Å²) in [5, 5.41) is 0. The van der Waals surface area contributed by atoms with Crippen LogP contribution in [-0.4, -0.2) is 0 Å². The number of hydrogen-bond acceptors (Lipinski definition) is 0. The van der Waals surface area contributed by atoms with Crippen molar-refractivity contribution in [1.82, 2.24) is 0 Å². The lowest BCUT2D eigenvalue weighted by Crippen LogP contribution is -2.05. The second-order valence-corrected chi connectivity index (χ2v) is 4.42. The van der Waals surface area contributed by atoms with Gasteiger partial charge in [0.25, 0.3) is 0 Å². The van der Waals surface area contributed by atoms with Crippen LogP contribution >= 0.6 is 0 Å². The fourth-order valence-corrected chi connectivity index (χ4v) is 2.58. The lowest BCUT2D eigenvalue weighted by Gasteiger charge is -2.20. The Morgan fingerprint density at radius 2 is 1.54 bits per heavy atom. The van der Waals surface area contributed by atoms with E-state index < -0.39 is 0 Å². The molecule has 0 aromatic rings. The molecule has 2 aliphatic rings. The third kappa shape index (κ3) is 2.04. The van der Waals surface area contributed by atoms with E-state index in [1.54, 1.807) is 11.1 Å². The minimum absolute atomic E-state index is 0.766. The summed E-state index contributed by atoms with van der Waals surface area (Å²) in [6, 6.07) is 0. The minimum Gasteiger partial charge on any atom is -0.0847 e. The van der Waals surface area contributed by atoms with Crippen molar-refractivity contribution < 1.29 is 0 Å². The lowest BCUT2D eigenvalue weighted by molar-refractivity contribution is 0.624. The average Bonchev–Trinajstić information content (AvgIpc) is 2.71. The van der Waals surface area contributed by atoms with Crippen LogP contribution in [0.25, 0.3) is 0 Å². The van der Waals surface area contributed by atoms with E-state index in [1.165, 1.54) is 44.9 Å². The van der Waals surface area contributed by atoms with Crippen molar-refractivity contribution in [3.05, 3.63) is 23.3 Å². The van der Waals surface area contributed by atoms with Gasteiger partial charge < -0.3 is 0 Å². The molecule has 0 amide bonds. The van der Waals surface area contributed by atoms with Gasteiger partial charge in [0.1, 0.15) is 0 Å². The molecule has 0 heterocycles. The molecule has 0 aliphatic heterocycles. The SMILES string of the molecule is CC(C1=CCCC1)C1=CCCCC1. The Balaban J connectivity index is 2.02. The third-order valence-electron chi connectivity index (χ3n) is 3.51. The molecule has 0 nitrogen and oxygen atoms in total. The van der Waals surface area contributed by atoms with Gasteiger partial charge in [0.2, 0.25) is 0 Å². The highest BCUT2D eigenvalue weighted by Crippen LogP contribution is 2.33. The Bertz CT molecular complexity index is 232. The van der Waals surface area contributed by atoms with Crippen LogP contribution in [0.2, 0.25) is 0 Å². The van der Waals surface area contributed by atoms with E-state index >= 15 is 0 Å². The smallest absolute Gasteiger partial charge is 0.00215 e. The van der Waals surface area contributed by atoms with Gasteiger partial charge in [-0.2, -0.15) is 0 Å². The van der Waals surface area contributed by atoms with E-state index in [4.69, 9.17) is 0 Å². The van der Waals surface area contributed by atoms with Gasteiger partial charge in [-0.05, 0) is 50.9 Å². The number of allylic oxidation sites excluding steroid dienone is 4. The fraction of sp³-hybridized carbons (Fsp3) is 0.692. The van der Waals surface area contributed by atoms with Crippen LogP contribution < -0.4 is 0 Å². The van der Waals surface area contributed by atoms with Gasteiger partial charge in [-0.25, -0.2) is 0 Å². The summed E-state index contributed by atoms with van der Waals surface area (Å²) in [6.07, 6.45) is 14.6. The summed E-state index contributed by atoms with van der Waals surface area (Å²) in [5.74, 6) is 0.766. The van der Waals surface area contributed by atoms with Gasteiger partial charge in [0.05, 0.1) is 0 Å². The monoisotopic (exact) mass is 176 g/mol. The van der Waals surface area contributed by atoms with Crippen LogP contribution in [-0.2, 0) is 0 Å². The fourth-order valence-electron chi connectivity index (χ4n) is 2.58. The zero-order valence-electron chi connectivity index (χ0n) is 8.68. The maximum atomic E-state index is 2.49. The summed E-state index contributed by atoms with van der Waals surface area (Å²) in [5.41, 5.74) is 3.44. The van der Waals surface area contributed by atoms with Crippen LogP contribution in [0.15, 0.2) is 23.3 Å². The summed E-state index contributed by atoms with van der Waals surface area (Å²) < 4.78 is 0. The van der Waals surface area contributed by atoms with Crippen molar-refractivity contribution in [2.75, 3.05) is 0 Å². The molecule has 2 rings (SSSR count). The zero-order chi connectivity index (χ0) is 9.10. The first-order chi connectivity index (χ1) is 6.38. The molecule has 1 atom stereocenters. The first-order valence-electron chi connectivity index (χ1n) is 5.76. The van der Waals surface area contributed by atoms with Gasteiger partial charge >= 0.3 is 0 Å². The molecule has 0 saturated heterocycles. The van der Waals surface area contributed by atoms with Crippen LogP contribution in [0.1, 0.15) is 51.9 Å². The van der Waals surface area contributed by atoms with Crippen molar-refractivity contribution in [1.29, 1.82) is 0 Å². The first kappa shape index (κ1) is 9.05. The van der Waals surface area contributed by atoms with E-state index in [2.05, 4.69) is 19.1 Å². The van der Waals surface area contributed by atoms with E-state index in [0.29, 0.717) is 0 Å². The van der Waals surface area contributed by atoms with Gasteiger partial charge in [-0.1, -0.05) is 30.2 Å². The Morgan fingerprint density at radius 3 is 2.00 bits per heavy atom. The third-order valence-corrected chi connectivity index (χ3v) is 3.51. The summed E-state index contributed by atoms with van der Waals surface area (Å²) >= 11 is 0. The lowest BCUT2D eigenvalue weighted by atomic mass is 9.85. The molecule has 72 valence electrons. The Hall–Kier alpha value is -0.520. The Kier molecular flexibility index (Phi) is 2.87. The highest BCUT2D eigenvalue weighted by Gasteiger charge is 2.17. The molecule has 13 heavy (non-hydrogen) atoms. The molecule has 0 spiro atoms. The van der Waals surface area contributed by atoms with Gasteiger partial charge in [-0.15, -0.1) is 0 Å². The molecular weight excluding hydrogens is 156 g/mol. The van der Waals surface area contributed by atoms with E-state index in [1.807, 2.05) is 0 Å². The average molecular weight is 176 g/mol. The molecule has 2 aliphatic carbocycles. The van der Waals surface area contributed by atoms with E-state index in [-0.39, 0.29) is 0 Å². The van der Waals surface area contributed by atoms with E-state index in [0.717, 1.165) is 5.92 Å². The quantitative estimate of drug-likeness (QED) is 0.552. The molecular formula is C13H20. The highest BCUT2D eigenvalue weighted by molar-refractivity contribution is 5.23. The van der Waals surface area contributed by atoms with Crippen molar-refractivity contribution >= 4 is 0 Å². The van der Waals surface area contributed by atoms with Crippen LogP contribution in [0, 0.1) is 5.92 Å². The molecule has 0 bridgehead atoms. The van der Waals surface area contributed by atoms with Gasteiger partial charge in [0, 0.05) is 0 Å². The molecule has 0 radical (unpaired) electrons. The molecule has 0 aromatic heterocycles. The van der Waals surface area contributed by atoms with Crippen LogP contribution in [0.5, 0.6) is 0 Å². The van der Waals surface area contributed by atoms with Crippen molar-refractivity contribution in [3.8, 4) is 0 Å². The van der Waals surface area contributed by atoms with Crippen molar-refractivity contribution in [3.63, 3.8) is 0 Å². The largest absolute Gasteiger partial charge is 0.0847 e. The topological polar surface area (TPSA) is 0 Å². The second-order valence-electron chi connectivity index (χ2n) is 4.42. The predicted octanol–water partition coefficient (Wildman–Crippen LogP) is 4.23. The molecule has 1 unspecified atom stereocenters. The number of hydrogen-bond donors (Lipinski definition) is 0. The molecule has 0 saturated carbocycles. The van der Waals surface area contributed by atoms with Crippen molar-refractivity contribution in [2.24, 2.45) is 5.92 Å². The maximum absolute atomic E-state index is 2.49. The zero-order valence-corrected chi connectivity index (χ0v) is 8.68. The predicted molar refractivity (Wildman–Crippen MR) is 57.6 cm³/mol. The second kappa shape index (κ2) is 4.13. The first-order valence-corrected chi connectivity index (χ1v) is 5.76. The van der Waals surface area contributed by atoms with Crippen molar-refractivity contribution in [2.45, 2.75) is 51.9 Å². The Labute approximate surface area is 81.7 Å². The minimum atomic E-state index is 0.766. The van der Waals surface area contributed by atoms with Crippen LogP contribution in [0.3, 0.4) is 0 Å². The van der Waals surface area contributed by atoms with E-state index in [9.17, 15) is 0 Å². The summed E-state index contributed by atoms with van der Waals surface area (Å²) in [7, 11) is 0.